The zero-order valence-corrected chi connectivity index (χ0v) is 18.2. The topological polar surface area (TPSA) is 104 Å². The minimum atomic E-state index is -3.72. The van der Waals surface area contributed by atoms with Gasteiger partial charge in [-0.15, -0.1) is 0 Å². The molecule has 0 unspecified atom stereocenters. The Balaban J connectivity index is 1.66. The Hall–Kier alpha value is -3.15. The van der Waals surface area contributed by atoms with E-state index < -0.39 is 14.9 Å². The Labute approximate surface area is 181 Å². The van der Waals surface area contributed by atoms with Crippen molar-refractivity contribution in [3.8, 4) is 11.8 Å². The van der Waals surface area contributed by atoms with E-state index in [0.29, 0.717) is 42.1 Å². The first-order valence-corrected chi connectivity index (χ1v) is 11.8. The molecule has 7 nitrogen and oxygen atoms in total. The smallest absolute Gasteiger partial charge is 0.242 e. The Bertz CT molecular complexity index is 1280. The lowest BCUT2D eigenvalue weighted by Gasteiger charge is -2.34. The molecule has 2 heterocycles. The van der Waals surface area contributed by atoms with Gasteiger partial charge in [-0.3, -0.25) is 4.98 Å². The summed E-state index contributed by atoms with van der Waals surface area (Å²) in [6.07, 6.45) is 1.81. The number of hydrogen-bond donors (Lipinski definition) is 1. The predicted molar refractivity (Wildman–Crippen MR) is 118 cm³/mol. The maximum absolute atomic E-state index is 12.3. The van der Waals surface area contributed by atoms with Crippen molar-refractivity contribution in [1.29, 1.82) is 5.26 Å². The van der Waals surface area contributed by atoms with E-state index in [1.165, 1.54) is 0 Å². The van der Waals surface area contributed by atoms with Crippen LogP contribution >= 0.6 is 0 Å². The van der Waals surface area contributed by atoms with Crippen LogP contribution in [0.5, 0.6) is 5.75 Å². The van der Waals surface area contributed by atoms with Gasteiger partial charge in [-0.1, -0.05) is 12.1 Å². The molecule has 1 aliphatic rings. The van der Waals surface area contributed by atoms with E-state index in [0.717, 1.165) is 22.9 Å². The molecular weight excluding hydrogens is 414 g/mol. The molecule has 3 aromatic rings. The minimum absolute atomic E-state index is 0.167. The molecule has 0 saturated carbocycles. The number of aromatic nitrogens is 1. The molecule has 0 spiro atoms. The van der Waals surface area contributed by atoms with Crippen molar-refractivity contribution in [3.05, 3.63) is 65.4 Å². The summed E-state index contributed by atoms with van der Waals surface area (Å²) in [6.45, 7) is 2.62. The second-order valence-electron chi connectivity index (χ2n) is 7.83. The van der Waals surface area contributed by atoms with Gasteiger partial charge in [-0.05, 0) is 49.2 Å². The highest BCUT2D eigenvalue weighted by atomic mass is 32.2. The molecule has 1 aliphatic heterocycles. The minimum Gasteiger partial charge on any atom is -0.489 e. The summed E-state index contributed by atoms with van der Waals surface area (Å²) in [7, 11) is -3.72. The van der Waals surface area contributed by atoms with Gasteiger partial charge in [0.2, 0.25) is 5.06 Å². The van der Waals surface area contributed by atoms with Gasteiger partial charge in [0.25, 0.3) is 0 Å². The highest BCUT2D eigenvalue weighted by Crippen LogP contribution is 2.40. The van der Waals surface area contributed by atoms with Gasteiger partial charge < -0.3 is 14.7 Å². The zero-order chi connectivity index (χ0) is 22.2. The summed E-state index contributed by atoms with van der Waals surface area (Å²) in [5, 5.41) is 18.7. The number of ether oxygens (including phenoxy) is 1. The number of aryl methyl sites for hydroxylation is 1. The fourth-order valence-electron chi connectivity index (χ4n) is 3.95. The van der Waals surface area contributed by atoms with Gasteiger partial charge >= 0.3 is 0 Å². The lowest BCUT2D eigenvalue weighted by atomic mass is 10.1. The largest absolute Gasteiger partial charge is 0.489 e. The summed E-state index contributed by atoms with van der Waals surface area (Å²) < 4.78 is 30.6. The van der Waals surface area contributed by atoms with Crippen molar-refractivity contribution >= 4 is 26.4 Å². The fraction of sp³-hybridized carbons (Fsp3) is 0.304. The molecule has 160 valence electrons. The molecule has 1 fully saturated rings. The normalized spacial score (nSPS) is 18.8. The van der Waals surface area contributed by atoms with E-state index >= 15 is 0 Å². The monoisotopic (exact) mass is 437 g/mol. The van der Waals surface area contributed by atoms with Crippen LogP contribution in [0.4, 0.5) is 5.69 Å². The SMILES string of the molecule is Cc1cc(N2CCC[C@]2(O)S(C)(=O)=O)c2ccc(OCc3ccc(C#N)cc3)cc2n1. The molecule has 1 atom stereocenters. The molecule has 1 N–H and O–H groups in total. The molecule has 2 aromatic carbocycles. The summed E-state index contributed by atoms with van der Waals surface area (Å²) in [5.41, 5.74) is 3.56. The van der Waals surface area contributed by atoms with Gasteiger partial charge in [-0.2, -0.15) is 5.26 Å². The van der Waals surface area contributed by atoms with Gasteiger partial charge in [0, 0.05) is 36.4 Å². The van der Waals surface area contributed by atoms with Crippen LogP contribution in [0.15, 0.2) is 48.5 Å². The molecule has 0 aliphatic carbocycles. The summed E-state index contributed by atoms with van der Waals surface area (Å²) in [6, 6.07) is 16.5. The van der Waals surface area contributed by atoms with Crippen molar-refractivity contribution < 1.29 is 18.3 Å². The van der Waals surface area contributed by atoms with E-state index in [4.69, 9.17) is 10.00 Å². The first kappa shape index (κ1) is 21.1. The Morgan fingerprint density at radius 2 is 1.97 bits per heavy atom. The molecule has 0 bridgehead atoms. The van der Waals surface area contributed by atoms with Crippen LogP contribution < -0.4 is 9.64 Å². The van der Waals surface area contributed by atoms with E-state index in [1.807, 2.05) is 37.3 Å². The molecule has 1 aromatic heterocycles. The van der Waals surface area contributed by atoms with Crippen LogP contribution in [0, 0.1) is 18.3 Å². The van der Waals surface area contributed by atoms with Crippen LogP contribution in [0.3, 0.4) is 0 Å². The van der Waals surface area contributed by atoms with Crippen LogP contribution in [-0.4, -0.2) is 36.4 Å². The van der Waals surface area contributed by atoms with Crippen LogP contribution in [0.25, 0.3) is 10.9 Å². The third kappa shape index (κ3) is 3.94. The maximum atomic E-state index is 12.3. The third-order valence-electron chi connectivity index (χ3n) is 5.57. The fourth-order valence-corrected chi connectivity index (χ4v) is 5.05. The number of fused-ring (bicyclic) bond motifs is 1. The average Bonchev–Trinajstić information content (AvgIpc) is 3.14. The number of aliphatic hydroxyl groups is 1. The summed E-state index contributed by atoms with van der Waals surface area (Å²) >= 11 is 0. The molecule has 31 heavy (non-hydrogen) atoms. The lowest BCUT2D eigenvalue weighted by Crippen LogP contribution is -2.50. The molecule has 1 saturated heterocycles. The highest BCUT2D eigenvalue weighted by molar-refractivity contribution is 7.92. The van der Waals surface area contributed by atoms with Gasteiger partial charge in [0.05, 0.1) is 22.8 Å². The number of hydrogen-bond acceptors (Lipinski definition) is 7. The van der Waals surface area contributed by atoms with Crippen molar-refractivity contribution in [2.45, 2.75) is 31.4 Å². The van der Waals surface area contributed by atoms with E-state index in [2.05, 4.69) is 11.1 Å². The number of sulfone groups is 1. The summed E-state index contributed by atoms with van der Waals surface area (Å²) in [4.78, 5) is 6.15. The van der Waals surface area contributed by atoms with Crippen LogP contribution in [0.2, 0.25) is 0 Å². The number of nitrogens with zero attached hydrogens (tertiary/aromatic N) is 3. The van der Waals surface area contributed by atoms with E-state index in [1.54, 1.807) is 23.1 Å². The predicted octanol–water partition coefficient (Wildman–Crippen LogP) is 3.28. The second kappa shape index (κ2) is 7.84. The first-order valence-electron chi connectivity index (χ1n) is 9.94. The molecule has 4 rings (SSSR count). The first-order chi connectivity index (χ1) is 14.7. The maximum Gasteiger partial charge on any atom is 0.242 e. The van der Waals surface area contributed by atoms with Crippen LogP contribution in [-0.2, 0) is 16.4 Å². The van der Waals surface area contributed by atoms with Crippen molar-refractivity contribution in [3.63, 3.8) is 0 Å². The average molecular weight is 438 g/mol. The number of pyridine rings is 1. The summed E-state index contributed by atoms with van der Waals surface area (Å²) in [5.74, 6) is 0.626. The van der Waals surface area contributed by atoms with Crippen molar-refractivity contribution in [1.82, 2.24) is 4.98 Å². The highest BCUT2D eigenvalue weighted by Gasteiger charge is 2.48. The standard InChI is InChI=1S/C23H23N3O4S/c1-16-12-22(26-11-3-10-23(26,27)31(2,28)29)20-9-8-19(13-21(20)25-16)30-15-18-6-4-17(14-24)5-7-18/h4-9,12-13,27H,3,10-11,15H2,1-2H3/t23-/m0/s1. The van der Waals surface area contributed by atoms with Crippen molar-refractivity contribution in [2.75, 3.05) is 17.7 Å². The van der Waals surface area contributed by atoms with Crippen LogP contribution in [0.1, 0.15) is 29.7 Å². The van der Waals surface area contributed by atoms with E-state index in [-0.39, 0.29) is 6.42 Å². The van der Waals surface area contributed by atoms with Gasteiger partial charge in [0.1, 0.15) is 12.4 Å². The van der Waals surface area contributed by atoms with Gasteiger partial charge in [-0.25, -0.2) is 8.42 Å². The molecule has 0 amide bonds. The number of rotatable bonds is 5. The van der Waals surface area contributed by atoms with Gasteiger partial charge in [0.15, 0.2) is 9.84 Å². The van der Waals surface area contributed by atoms with Crippen molar-refractivity contribution in [2.24, 2.45) is 0 Å². The number of benzene rings is 2. The molecule has 0 radical (unpaired) electrons. The second-order valence-corrected chi connectivity index (χ2v) is 10.0. The Morgan fingerprint density at radius 3 is 2.65 bits per heavy atom. The van der Waals surface area contributed by atoms with E-state index in [9.17, 15) is 13.5 Å². The quantitative estimate of drug-likeness (QED) is 0.653. The molecular formula is C23H23N3O4S. The Kier molecular flexibility index (Phi) is 5.33. The number of anilines is 1. The number of nitriles is 1. The third-order valence-corrected chi connectivity index (χ3v) is 7.18. The molecule has 8 heteroatoms. The zero-order valence-electron chi connectivity index (χ0n) is 17.4. The lowest BCUT2D eigenvalue weighted by molar-refractivity contribution is 0.136. The Morgan fingerprint density at radius 1 is 1.23 bits per heavy atom.